The molecule has 0 aromatic heterocycles. The Hall–Kier alpha value is -1.31. The Morgan fingerprint density at radius 2 is 1.85 bits per heavy atom. The molecule has 0 aliphatic carbocycles. The van der Waals surface area contributed by atoms with Crippen LogP contribution in [0.25, 0.3) is 0 Å². The van der Waals surface area contributed by atoms with Crippen LogP contribution in [0, 0.1) is 13.8 Å². The fourth-order valence-corrected chi connectivity index (χ4v) is 3.02. The topological polar surface area (TPSA) is 9.23 Å². The van der Waals surface area contributed by atoms with E-state index in [0.717, 1.165) is 19.6 Å². The minimum Gasteiger partial charge on any atom is -0.372 e. The highest BCUT2D eigenvalue weighted by molar-refractivity contribution is 6.20. The molecule has 1 atom stereocenters. The van der Waals surface area contributed by atoms with Gasteiger partial charge in [0, 0.05) is 0 Å². The summed E-state index contributed by atoms with van der Waals surface area (Å²) in [5, 5.41) is 0.0152. The first-order valence-corrected chi connectivity index (χ1v) is 7.47. The molecule has 1 nitrogen and oxygen atoms in total. The van der Waals surface area contributed by atoms with Crippen molar-refractivity contribution in [3.05, 3.63) is 69.8 Å². The van der Waals surface area contributed by atoms with Crippen molar-refractivity contribution in [3.8, 4) is 0 Å². The first kappa shape index (κ1) is 13.7. The Morgan fingerprint density at radius 3 is 2.70 bits per heavy atom. The summed E-state index contributed by atoms with van der Waals surface area (Å²) in [6.07, 6.45) is 0.870. The number of halogens is 1. The largest absolute Gasteiger partial charge is 0.372 e. The van der Waals surface area contributed by atoms with Crippen LogP contribution in [0.3, 0.4) is 0 Å². The molecule has 3 rings (SSSR count). The molecular formula is C18H19ClO. The quantitative estimate of drug-likeness (QED) is 0.733. The van der Waals surface area contributed by atoms with E-state index in [2.05, 4.69) is 50.2 Å². The third kappa shape index (κ3) is 2.74. The van der Waals surface area contributed by atoms with Gasteiger partial charge in [0.15, 0.2) is 0 Å². The number of benzene rings is 2. The van der Waals surface area contributed by atoms with Crippen molar-refractivity contribution < 1.29 is 4.74 Å². The Kier molecular flexibility index (Phi) is 3.82. The fraction of sp³-hybridized carbons (Fsp3) is 0.333. The second kappa shape index (κ2) is 5.59. The van der Waals surface area contributed by atoms with Crippen molar-refractivity contribution in [1.29, 1.82) is 0 Å². The molecule has 2 aromatic carbocycles. The summed E-state index contributed by atoms with van der Waals surface area (Å²) in [4.78, 5) is 0. The molecule has 0 N–H and O–H groups in total. The number of ether oxygens (including phenoxy) is 1. The number of alkyl halides is 1. The van der Waals surface area contributed by atoms with Crippen molar-refractivity contribution in [2.75, 3.05) is 0 Å². The zero-order valence-electron chi connectivity index (χ0n) is 11.9. The molecule has 1 aliphatic rings. The number of hydrogen-bond donors (Lipinski definition) is 0. The molecule has 20 heavy (non-hydrogen) atoms. The van der Waals surface area contributed by atoms with Gasteiger partial charge in [0.1, 0.15) is 0 Å². The lowest BCUT2D eigenvalue weighted by molar-refractivity contribution is 0.134. The van der Waals surface area contributed by atoms with E-state index < -0.39 is 0 Å². The van der Waals surface area contributed by atoms with E-state index >= 15 is 0 Å². The van der Waals surface area contributed by atoms with Gasteiger partial charge in [-0.05, 0) is 48.1 Å². The highest BCUT2D eigenvalue weighted by Gasteiger charge is 2.16. The molecule has 2 heteroatoms. The van der Waals surface area contributed by atoms with Gasteiger partial charge >= 0.3 is 0 Å². The van der Waals surface area contributed by atoms with Crippen LogP contribution in [-0.4, -0.2) is 0 Å². The van der Waals surface area contributed by atoms with Gasteiger partial charge in [-0.1, -0.05) is 42.0 Å². The van der Waals surface area contributed by atoms with Crippen LogP contribution >= 0.6 is 11.6 Å². The third-order valence-corrected chi connectivity index (χ3v) is 4.42. The lowest BCUT2D eigenvalue weighted by atomic mass is 9.97. The molecule has 2 aromatic rings. The van der Waals surface area contributed by atoms with Crippen molar-refractivity contribution in [2.24, 2.45) is 0 Å². The standard InChI is InChI=1S/C18H19ClO/c1-12-3-4-13(2)16(7-12)9-18(19)14-5-6-15-10-20-11-17(15)8-14/h3-8,18H,9-11H2,1-2H3. The Balaban J connectivity index is 1.82. The Bertz CT molecular complexity index is 633. The summed E-state index contributed by atoms with van der Waals surface area (Å²) < 4.78 is 5.46. The summed E-state index contributed by atoms with van der Waals surface area (Å²) in [6, 6.07) is 13.0. The molecule has 0 saturated heterocycles. The molecule has 0 saturated carbocycles. The second-order valence-corrected chi connectivity index (χ2v) is 6.15. The van der Waals surface area contributed by atoms with Crippen LogP contribution in [0.15, 0.2) is 36.4 Å². The third-order valence-electron chi connectivity index (χ3n) is 4.01. The van der Waals surface area contributed by atoms with Crippen LogP contribution in [0.4, 0.5) is 0 Å². The van der Waals surface area contributed by atoms with E-state index in [1.165, 1.54) is 33.4 Å². The minimum atomic E-state index is 0.0152. The van der Waals surface area contributed by atoms with E-state index in [-0.39, 0.29) is 5.38 Å². The zero-order chi connectivity index (χ0) is 14.1. The van der Waals surface area contributed by atoms with Gasteiger partial charge < -0.3 is 4.74 Å². The number of hydrogen-bond acceptors (Lipinski definition) is 1. The number of fused-ring (bicyclic) bond motifs is 1. The molecule has 0 radical (unpaired) electrons. The summed E-state index contributed by atoms with van der Waals surface area (Å²) in [6.45, 7) is 5.73. The van der Waals surface area contributed by atoms with Gasteiger partial charge in [-0.25, -0.2) is 0 Å². The summed E-state index contributed by atoms with van der Waals surface area (Å²) in [7, 11) is 0. The van der Waals surface area contributed by atoms with Crippen LogP contribution in [0.5, 0.6) is 0 Å². The van der Waals surface area contributed by atoms with Gasteiger partial charge in [0.2, 0.25) is 0 Å². The van der Waals surface area contributed by atoms with Gasteiger partial charge in [-0.2, -0.15) is 0 Å². The summed E-state index contributed by atoms with van der Waals surface area (Å²) >= 11 is 6.63. The predicted molar refractivity (Wildman–Crippen MR) is 83.1 cm³/mol. The molecule has 1 unspecified atom stereocenters. The maximum absolute atomic E-state index is 6.63. The Morgan fingerprint density at radius 1 is 1.05 bits per heavy atom. The zero-order valence-corrected chi connectivity index (χ0v) is 12.7. The summed E-state index contributed by atoms with van der Waals surface area (Å²) in [5.41, 5.74) is 7.71. The number of aryl methyl sites for hydroxylation is 2. The lowest BCUT2D eigenvalue weighted by Gasteiger charge is -2.14. The van der Waals surface area contributed by atoms with Gasteiger partial charge in [0.25, 0.3) is 0 Å². The normalized spacial score (nSPS) is 15.2. The van der Waals surface area contributed by atoms with Crippen LogP contribution in [0.1, 0.15) is 38.8 Å². The van der Waals surface area contributed by atoms with E-state index in [1.807, 2.05) is 0 Å². The SMILES string of the molecule is Cc1ccc(C)c(CC(Cl)c2ccc3c(c2)COC3)c1. The Labute approximate surface area is 125 Å². The van der Waals surface area contributed by atoms with Crippen molar-refractivity contribution in [3.63, 3.8) is 0 Å². The highest BCUT2D eigenvalue weighted by atomic mass is 35.5. The fourth-order valence-electron chi connectivity index (χ4n) is 2.72. The average Bonchev–Trinajstić information content (AvgIpc) is 2.90. The van der Waals surface area contributed by atoms with Gasteiger partial charge in [-0.15, -0.1) is 11.6 Å². The minimum absolute atomic E-state index is 0.0152. The van der Waals surface area contributed by atoms with Gasteiger partial charge in [0.05, 0.1) is 18.6 Å². The maximum atomic E-state index is 6.63. The first-order chi connectivity index (χ1) is 9.63. The van der Waals surface area contributed by atoms with Crippen LogP contribution < -0.4 is 0 Å². The summed E-state index contributed by atoms with van der Waals surface area (Å²) in [5.74, 6) is 0. The first-order valence-electron chi connectivity index (χ1n) is 7.03. The van der Waals surface area contributed by atoms with Crippen LogP contribution in [0.2, 0.25) is 0 Å². The molecular weight excluding hydrogens is 268 g/mol. The van der Waals surface area contributed by atoms with E-state index in [9.17, 15) is 0 Å². The molecule has 0 fully saturated rings. The number of rotatable bonds is 3. The van der Waals surface area contributed by atoms with E-state index in [1.54, 1.807) is 0 Å². The average molecular weight is 287 g/mol. The van der Waals surface area contributed by atoms with E-state index in [4.69, 9.17) is 16.3 Å². The molecule has 0 amide bonds. The molecule has 0 bridgehead atoms. The maximum Gasteiger partial charge on any atom is 0.0725 e. The predicted octanol–water partition coefficient (Wildman–Crippen LogP) is 4.86. The lowest BCUT2D eigenvalue weighted by Crippen LogP contribution is -1.99. The van der Waals surface area contributed by atoms with Crippen molar-refractivity contribution in [2.45, 2.75) is 38.9 Å². The molecule has 1 heterocycles. The monoisotopic (exact) mass is 286 g/mol. The molecule has 104 valence electrons. The smallest absolute Gasteiger partial charge is 0.0725 e. The van der Waals surface area contributed by atoms with Crippen molar-refractivity contribution >= 4 is 11.6 Å². The highest BCUT2D eigenvalue weighted by Crippen LogP contribution is 2.30. The van der Waals surface area contributed by atoms with Crippen LogP contribution in [-0.2, 0) is 24.4 Å². The van der Waals surface area contributed by atoms with E-state index in [0.29, 0.717) is 0 Å². The van der Waals surface area contributed by atoms with Crippen molar-refractivity contribution in [1.82, 2.24) is 0 Å². The second-order valence-electron chi connectivity index (χ2n) is 5.62. The molecule has 0 spiro atoms. The molecule has 1 aliphatic heterocycles. The van der Waals surface area contributed by atoms with Gasteiger partial charge in [-0.3, -0.25) is 0 Å².